The van der Waals surface area contributed by atoms with Crippen LogP contribution in [0.1, 0.15) is 85.0 Å². The summed E-state index contributed by atoms with van der Waals surface area (Å²) in [4.78, 5) is 23.8. The maximum atomic E-state index is 12.6. The first-order chi connectivity index (χ1) is 14.5. The van der Waals surface area contributed by atoms with Crippen molar-refractivity contribution < 1.29 is 24.2 Å². The van der Waals surface area contributed by atoms with Crippen LogP contribution in [0.4, 0.5) is 0 Å². The third kappa shape index (κ3) is 10.0. The van der Waals surface area contributed by atoms with Crippen molar-refractivity contribution >= 4 is 11.8 Å². The number of unbranched alkanes of at least 4 members (excludes halogenated alkanes) is 4. The zero-order valence-corrected chi connectivity index (χ0v) is 19.2. The topological polar surface area (TPSA) is 72.8 Å². The fraction of sp³-hybridized carbons (Fsp3) is 0.760. The highest BCUT2D eigenvalue weighted by atomic mass is 16.5. The Morgan fingerprint density at radius 1 is 1.10 bits per heavy atom. The first-order valence-electron chi connectivity index (χ1n) is 11.8. The normalized spacial score (nSPS) is 23.0. The van der Waals surface area contributed by atoms with E-state index in [1.807, 2.05) is 12.2 Å². The Hall–Kier alpha value is -1.46. The molecule has 1 rings (SSSR count). The van der Waals surface area contributed by atoms with Gasteiger partial charge in [0.1, 0.15) is 5.78 Å². The fourth-order valence-corrected chi connectivity index (χ4v) is 3.98. The zero-order chi connectivity index (χ0) is 22.2. The Kier molecular flexibility index (Phi) is 14.4. The van der Waals surface area contributed by atoms with Gasteiger partial charge in [0.05, 0.1) is 6.10 Å². The highest BCUT2D eigenvalue weighted by Crippen LogP contribution is 2.35. The van der Waals surface area contributed by atoms with Gasteiger partial charge in [-0.25, -0.2) is 4.79 Å². The van der Waals surface area contributed by atoms with Gasteiger partial charge in [-0.3, -0.25) is 4.79 Å². The molecule has 0 aromatic rings. The highest BCUT2D eigenvalue weighted by Gasteiger charge is 2.40. The summed E-state index contributed by atoms with van der Waals surface area (Å²) in [5.74, 6) is -0.553. The van der Waals surface area contributed by atoms with Gasteiger partial charge in [0, 0.05) is 31.5 Å². The van der Waals surface area contributed by atoms with E-state index in [1.165, 1.54) is 25.7 Å². The maximum Gasteiger partial charge on any atom is 0.332 e. The lowest BCUT2D eigenvalue weighted by Crippen LogP contribution is -2.23. The molecule has 1 aliphatic carbocycles. The monoisotopic (exact) mass is 422 g/mol. The largest absolute Gasteiger partial charge is 0.479 e. The molecule has 30 heavy (non-hydrogen) atoms. The van der Waals surface area contributed by atoms with Crippen LogP contribution in [0, 0.1) is 11.8 Å². The van der Waals surface area contributed by atoms with Crippen LogP contribution < -0.4 is 0 Å². The molecular weight excluding hydrogens is 380 g/mol. The van der Waals surface area contributed by atoms with Gasteiger partial charge in [0.15, 0.2) is 6.10 Å². The first-order valence-corrected chi connectivity index (χ1v) is 11.8. The average Bonchev–Trinajstić information content (AvgIpc) is 3.02. The molecular formula is C25H42O5. The van der Waals surface area contributed by atoms with Gasteiger partial charge in [0.25, 0.3) is 0 Å². The molecule has 0 heterocycles. The predicted octanol–water partition coefficient (Wildman–Crippen LogP) is 5.73. The fourth-order valence-electron chi connectivity index (χ4n) is 3.98. The van der Waals surface area contributed by atoms with Gasteiger partial charge in [-0.05, 0) is 45.4 Å². The predicted molar refractivity (Wildman–Crippen MR) is 121 cm³/mol. The number of carboxylic acids is 1. The summed E-state index contributed by atoms with van der Waals surface area (Å²) >= 11 is 0. The molecule has 1 saturated carbocycles. The first kappa shape index (κ1) is 26.6. The zero-order valence-electron chi connectivity index (χ0n) is 19.2. The van der Waals surface area contributed by atoms with Crippen LogP contribution in [0.2, 0.25) is 0 Å². The molecule has 1 aliphatic rings. The Labute approximate surface area is 182 Å². The minimum absolute atomic E-state index is 0.0166. The summed E-state index contributed by atoms with van der Waals surface area (Å²) < 4.78 is 11.2. The number of carbonyl (C=O) groups excluding carboxylic acids is 1. The van der Waals surface area contributed by atoms with E-state index in [9.17, 15) is 9.59 Å². The van der Waals surface area contributed by atoms with Crippen molar-refractivity contribution in [3.8, 4) is 0 Å². The second-order valence-corrected chi connectivity index (χ2v) is 8.11. The molecule has 0 aliphatic heterocycles. The summed E-state index contributed by atoms with van der Waals surface area (Å²) in [6.45, 7) is 7.18. The highest BCUT2D eigenvalue weighted by molar-refractivity contribution is 5.85. The lowest BCUT2D eigenvalue weighted by atomic mass is 9.90. The lowest BCUT2D eigenvalue weighted by molar-refractivity contribution is -0.150. The molecule has 0 radical (unpaired) electrons. The van der Waals surface area contributed by atoms with Crippen LogP contribution in [0.15, 0.2) is 24.3 Å². The van der Waals surface area contributed by atoms with Crippen LogP contribution in [-0.2, 0) is 19.1 Å². The number of Topliss-reactive ketones (excluding diaryl/α,β-unsaturated/α-hetero) is 1. The van der Waals surface area contributed by atoms with Crippen LogP contribution in [0.5, 0.6) is 0 Å². The number of allylic oxidation sites excluding steroid dienone is 3. The van der Waals surface area contributed by atoms with Crippen LogP contribution >= 0.6 is 0 Å². The van der Waals surface area contributed by atoms with Crippen molar-refractivity contribution in [1.29, 1.82) is 0 Å². The number of hydrogen-bond donors (Lipinski definition) is 1. The SMILES string of the molecule is CCCCCC/C=C/[C@H]1[C@H](OCCC)CC(=O)[C@@H]1C/C=C\CCC(OCC)C(=O)O. The van der Waals surface area contributed by atoms with Crippen molar-refractivity contribution in [2.75, 3.05) is 13.2 Å². The number of ether oxygens (including phenoxy) is 2. The number of carbonyl (C=O) groups is 2. The molecule has 5 heteroatoms. The Bertz CT molecular complexity index is 540. The number of ketones is 1. The molecule has 0 saturated heterocycles. The van der Waals surface area contributed by atoms with Gasteiger partial charge < -0.3 is 14.6 Å². The van der Waals surface area contributed by atoms with E-state index >= 15 is 0 Å². The van der Waals surface area contributed by atoms with Crippen molar-refractivity contribution in [2.24, 2.45) is 11.8 Å². The molecule has 4 atom stereocenters. The van der Waals surface area contributed by atoms with Gasteiger partial charge >= 0.3 is 5.97 Å². The van der Waals surface area contributed by atoms with E-state index < -0.39 is 12.1 Å². The minimum Gasteiger partial charge on any atom is -0.479 e. The third-order valence-electron chi connectivity index (χ3n) is 5.62. The third-order valence-corrected chi connectivity index (χ3v) is 5.62. The minimum atomic E-state index is -0.920. The molecule has 0 aromatic carbocycles. The van der Waals surface area contributed by atoms with Gasteiger partial charge in [0.2, 0.25) is 0 Å². The van der Waals surface area contributed by atoms with Gasteiger partial charge in [-0.15, -0.1) is 0 Å². The molecule has 1 N–H and O–H groups in total. The van der Waals surface area contributed by atoms with Crippen LogP contribution in [0.25, 0.3) is 0 Å². The van der Waals surface area contributed by atoms with Gasteiger partial charge in [-0.1, -0.05) is 57.4 Å². The van der Waals surface area contributed by atoms with Crippen molar-refractivity contribution in [1.82, 2.24) is 0 Å². The van der Waals surface area contributed by atoms with Crippen molar-refractivity contribution in [3.05, 3.63) is 24.3 Å². The van der Waals surface area contributed by atoms with Gasteiger partial charge in [-0.2, -0.15) is 0 Å². The maximum absolute atomic E-state index is 12.6. The molecule has 0 spiro atoms. The summed E-state index contributed by atoms with van der Waals surface area (Å²) in [5, 5.41) is 9.14. The molecule has 0 aromatic heterocycles. The van der Waals surface area contributed by atoms with Crippen molar-refractivity contribution in [2.45, 2.75) is 97.2 Å². The number of rotatable bonds is 17. The standard InChI is InChI=1S/C25H42O5/c1-4-7-8-9-10-12-16-21-20(22(26)19-24(21)30-18-5-2)15-13-11-14-17-23(25(27)28)29-6-3/h11-13,16,20-21,23-24H,4-10,14-15,17-19H2,1-3H3,(H,27,28)/b13-11-,16-12+/t20-,21-,23?,24-/m1/s1. The Morgan fingerprint density at radius 2 is 1.90 bits per heavy atom. The summed E-state index contributed by atoms with van der Waals surface area (Å²) in [6, 6.07) is 0. The smallest absolute Gasteiger partial charge is 0.332 e. The number of hydrogen-bond acceptors (Lipinski definition) is 4. The Morgan fingerprint density at radius 3 is 2.57 bits per heavy atom. The summed E-state index contributed by atoms with van der Waals surface area (Å²) in [7, 11) is 0. The number of aliphatic carboxylic acids is 1. The van der Waals surface area contributed by atoms with Crippen LogP contribution in [-0.4, -0.2) is 42.3 Å². The molecule has 172 valence electrons. The van der Waals surface area contributed by atoms with Crippen molar-refractivity contribution in [3.63, 3.8) is 0 Å². The second kappa shape index (κ2) is 16.3. The van der Waals surface area contributed by atoms with E-state index in [-0.39, 0.29) is 23.7 Å². The molecule has 0 amide bonds. The van der Waals surface area contributed by atoms with E-state index in [1.54, 1.807) is 6.92 Å². The van der Waals surface area contributed by atoms with E-state index in [0.717, 1.165) is 12.8 Å². The van der Waals surface area contributed by atoms with E-state index in [4.69, 9.17) is 14.6 Å². The molecule has 0 bridgehead atoms. The quantitative estimate of drug-likeness (QED) is 0.239. The van der Waals surface area contributed by atoms with E-state index in [2.05, 4.69) is 26.0 Å². The van der Waals surface area contributed by atoms with Crippen LogP contribution in [0.3, 0.4) is 0 Å². The van der Waals surface area contributed by atoms with E-state index in [0.29, 0.717) is 38.9 Å². The lowest BCUT2D eigenvalue weighted by Gasteiger charge is -2.20. The molecule has 1 fully saturated rings. The summed E-state index contributed by atoms with van der Waals surface area (Å²) in [5.41, 5.74) is 0. The molecule has 5 nitrogen and oxygen atoms in total. The number of carboxylic acid groups (broad SMARTS) is 1. The molecule has 1 unspecified atom stereocenters. The average molecular weight is 423 g/mol. The Balaban J connectivity index is 2.60. The summed E-state index contributed by atoms with van der Waals surface area (Å²) in [6.07, 6.45) is 16.9. The second-order valence-electron chi connectivity index (χ2n) is 8.11.